The molecule has 26 heavy (non-hydrogen) atoms. The molecular formula is C20H15BrClNO3. The molecule has 132 valence electrons. The average molecular weight is 433 g/mol. The lowest BCUT2D eigenvalue weighted by Crippen LogP contribution is -2.29. The SMILES string of the molecule is C=CCN1C(=O)C(=O)/C(=C(/O)c2ccc(Br)cc2)[C@@H]1c1ccccc1Cl. The van der Waals surface area contributed by atoms with E-state index in [0.29, 0.717) is 16.1 Å². The van der Waals surface area contributed by atoms with Crippen molar-refractivity contribution in [3.8, 4) is 0 Å². The minimum absolute atomic E-state index is 0.0206. The first-order chi connectivity index (χ1) is 12.5. The summed E-state index contributed by atoms with van der Waals surface area (Å²) in [5, 5.41) is 11.2. The van der Waals surface area contributed by atoms with Gasteiger partial charge in [0.05, 0.1) is 11.6 Å². The van der Waals surface area contributed by atoms with E-state index in [9.17, 15) is 14.7 Å². The second-order valence-electron chi connectivity index (χ2n) is 5.77. The van der Waals surface area contributed by atoms with Gasteiger partial charge in [-0.3, -0.25) is 9.59 Å². The number of hydrogen-bond donors (Lipinski definition) is 1. The van der Waals surface area contributed by atoms with Gasteiger partial charge in [0.15, 0.2) is 0 Å². The molecule has 0 saturated carbocycles. The summed E-state index contributed by atoms with van der Waals surface area (Å²) in [7, 11) is 0. The highest BCUT2D eigenvalue weighted by Gasteiger charge is 2.46. The van der Waals surface area contributed by atoms with Crippen molar-refractivity contribution in [3.05, 3.63) is 87.4 Å². The van der Waals surface area contributed by atoms with Crippen molar-refractivity contribution in [2.45, 2.75) is 6.04 Å². The number of benzene rings is 2. The number of nitrogens with zero attached hydrogens (tertiary/aromatic N) is 1. The number of rotatable bonds is 4. The van der Waals surface area contributed by atoms with Crippen LogP contribution in [-0.4, -0.2) is 28.2 Å². The van der Waals surface area contributed by atoms with Gasteiger partial charge in [-0.1, -0.05) is 63.9 Å². The molecule has 1 aliphatic rings. The van der Waals surface area contributed by atoms with Crippen LogP contribution in [0.15, 0.2) is 71.2 Å². The standard InChI is InChI=1S/C20H15BrClNO3/c1-2-11-23-17(14-5-3-4-6-15(14)22)16(19(25)20(23)26)18(24)12-7-9-13(21)10-8-12/h2-10,17,24H,1,11H2/b18-16+/t17-/m0/s1. The van der Waals surface area contributed by atoms with E-state index in [1.807, 2.05) is 0 Å². The molecule has 0 aromatic heterocycles. The van der Waals surface area contributed by atoms with Crippen molar-refractivity contribution >= 4 is 45.0 Å². The van der Waals surface area contributed by atoms with Crippen LogP contribution in [0.2, 0.25) is 5.02 Å². The summed E-state index contributed by atoms with van der Waals surface area (Å²) in [6.45, 7) is 3.81. The Hall–Kier alpha value is -2.37. The summed E-state index contributed by atoms with van der Waals surface area (Å²) in [6.07, 6.45) is 1.54. The Balaban J connectivity index is 2.23. The van der Waals surface area contributed by atoms with E-state index in [0.717, 1.165) is 4.47 Å². The molecule has 4 nitrogen and oxygen atoms in total. The van der Waals surface area contributed by atoms with Crippen molar-refractivity contribution in [2.24, 2.45) is 0 Å². The van der Waals surface area contributed by atoms with E-state index in [2.05, 4.69) is 22.5 Å². The summed E-state index contributed by atoms with van der Waals surface area (Å²) >= 11 is 9.65. The molecule has 6 heteroatoms. The molecule has 0 spiro atoms. The van der Waals surface area contributed by atoms with Crippen LogP contribution in [0, 0.1) is 0 Å². The maximum atomic E-state index is 12.7. The zero-order valence-corrected chi connectivity index (χ0v) is 16.0. The van der Waals surface area contributed by atoms with Gasteiger partial charge in [-0.2, -0.15) is 0 Å². The monoisotopic (exact) mass is 431 g/mol. The third-order valence-corrected chi connectivity index (χ3v) is 5.06. The summed E-state index contributed by atoms with van der Waals surface area (Å²) in [5.74, 6) is -1.65. The van der Waals surface area contributed by atoms with Crippen molar-refractivity contribution in [2.75, 3.05) is 6.54 Å². The summed E-state index contributed by atoms with van der Waals surface area (Å²) in [5.41, 5.74) is 1.04. The van der Waals surface area contributed by atoms with Gasteiger partial charge in [-0.05, 0) is 23.8 Å². The lowest BCUT2D eigenvalue weighted by Gasteiger charge is -2.24. The third-order valence-electron chi connectivity index (χ3n) is 4.18. The fourth-order valence-electron chi connectivity index (χ4n) is 2.99. The molecule has 1 N–H and O–H groups in total. The molecule has 1 saturated heterocycles. The van der Waals surface area contributed by atoms with Crippen LogP contribution >= 0.6 is 27.5 Å². The number of aliphatic hydroxyl groups is 1. The Bertz CT molecular complexity index is 921. The Morgan fingerprint density at radius 3 is 2.46 bits per heavy atom. The number of aliphatic hydroxyl groups excluding tert-OH is 1. The first-order valence-electron chi connectivity index (χ1n) is 7.85. The molecule has 2 aromatic carbocycles. The molecule has 2 aromatic rings. The lowest BCUT2D eigenvalue weighted by atomic mass is 9.95. The van der Waals surface area contributed by atoms with E-state index in [-0.39, 0.29) is 17.9 Å². The maximum Gasteiger partial charge on any atom is 0.295 e. The highest BCUT2D eigenvalue weighted by atomic mass is 79.9. The number of carbonyl (C=O) groups is 2. The van der Waals surface area contributed by atoms with Gasteiger partial charge in [-0.15, -0.1) is 6.58 Å². The molecule has 1 atom stereocenters. The molecule has 1 fully saturated rings. The first-order valence-corrected chi connectivity index (χ1v) is 9.02. The van der Waals surface area contributed by atoms with E-state index < -0.39 is 17.7 Å². The van der Waals surface area contributed by atoms with Crippen LogP contribution in [0.3, 0.4) is 0 Å². The van der Waals surface area contributed by atoms with E-state index in [1.54, 1.807) is 48.5 Å². The highest BCUT2D eigenvalue weighted by Crippen LogP contribution is 2.41. The lowest BCUT2D eigenvalue weighted by molar-refractivity contribution is -0.139. The van der Waals surface area contributed by atoms with Crippen molar-refractivity contribution in [3.63, 3.8) is 0 Å². The predicted octanol–water partition coefficient (Wildman–Crippen LogP) is 4.71. The van der Waals surface area contributed by atoms with Crippen LogP contribution in [0.4, 0.5) is 0 Å². The van der Waals surface area contributed by atoms with Crippen LogP contribution in [0.25, 0.3) is 5.76 Å². The Morgan fingerprint density at radius 1 is 1.19 bits per heavy atom. The summed E-state index contributed by atoms with van der Waals surface area (Å²) in [6, 6.07) is 13.0. The zero-order valence-electron chi connectivity index (χ0n) is 13.7. The summed E-state index contributed by atoms with van der Waals surface area (Å²) < 4.78 is 0.837. The van der Waals surface area contributed by atoms with Crippen molar-refractivity contribution < 1.29 is 14.7 Å². The minimum atomic E-state index is -0.773. The van der Waals surface area contributed by atoms with Gasteiger partial charge in [0.25, 0.3) is 11.7 Å². The molecule has 0 aliphatic carbocycles. The topological polar surface area (TPSA) is 57.6 Å². The Kier molecular flexibility index (Phi) is 5.30. The van der Waals surface area contributed by atoms with Gasteiger partial charge in [0.2, 0.25) is 0 Å². The number of ketones is 1. The van der Waals surface area contributed by atoms with E-state index in [1.165, 1.54) is 11.0 Å². The van der Waals surface area contributed by atoms with E-state index in [4.69, 9.17) is 11.6 Å². The van der Waals surface area contributed by atoms with Gasteiger partial charge >= 0.3 is 0 Å². The minimum Gasteiger partial charge on any atom is -0.507 e. The second-order valence-corrected chi connectivity index (χ2v) is 7.09. The van der Waals surface area contributed by atoms with E-state index >= 15 is 0 Å². The molecule has 0 radical (unpaired) electrons. The smallest absolute Gasteiger partial charge is 0.295 e. The van der Waals surface area contributed by atoms with Gasteiger partial charge in [0.1, 0.15) is 5.76 Å². The van der Waals surface area contributed by atoms with Gasteiger partial charge in [0, 0.05) is 21.6 Å². The number of halogens is 2. The number of amides is 1. The Morgan fingerprint density at radius 2 is 1.85 bits per heavy atom. The molecule has 0 bridgehead atoms. The highest BCUT2D eigenvalue weighted by molar-refractivity contribution is 9.10. The van der Waals surface area contributed by atoms with Crippen molar-refractivity contribution in [1.82, 2.24) is 4.90 Å². The summed E-state index contributed by atoms with van der Waals surface area (Å²) in [4.78, 5) is 26.6. The Labute approximate surface area is 164 Å². The molecule has 1 amide bonds. The van der Waals surface area contributed by atoms with Crippen LogP contribution in [0.1, 0.15) is 17.2 Å². The van der Waals surface area contributed by atoms with Crippen LogP contribution in [-0.2, 0) is 9.59 Å². The average Bonchev–Trinajstić information content (AvgIpc) is 2.87. The number of hydrogen-bond acceptors (Lipinski definition) is 3. The normalized spacial score (nSPS) is 19.0. The molecular weight excluding hydrogens is 418 g/mol. The van der Waals surface area contributed by atoms with Crippen LogP contribution < -0.4 is 0 Å². The first kappa shape index (κ1) is 18.4. The zero-order chi connectivity index (χ0) is 18.8. The predicted molar refractivity (Wildman–Crippen MR) is 105 cm³/mol. The molecule has 3 rings (SSSR count). The van der Waals surface area contributed by atoms with Gasteiger partial charge in [-0.25, -0.2) is 0 Å². The number of likely N-dealkylation sites (tertiary alicyclic amines) is 1. The number of Topliss-reactive ketones (excluding diaryl/α,β-unsaturated/α-hetero) is 1. The fourth-order valence-corrected chi connectivity index (χ4v) is 3.49. The molecule has 1 heterocycles. The third kappa shape index (κ3) is 3.20. The van der Waals surface area contributed by atoms with Crippen LogP contribution in [0.5, 0.6) is 0 Å². The van der Waals surface area contributed by atoms with Crippen molar-refractivity contribution in [1.29, 1.82) is 0 Å². The maximum absolute atomic E-state index is 12.7. The fraction of sp³-hybridized carbons (Fsp3) is 0.100. The van der Waals surface area contributed by atoms with Gasteiger partial charge < -0.3 is 10.0 Å². The molecule has 1 aliphatic heterocycles. The molecule has 0 unspecified atom stereocenters. The number of carbonyl (C=O) groups excluding carboxylic acids is 2. The quantitative estimate of drug-likeness (QED) is 0.329. The second kappa shape index (κ2) is 7.48. The largest absolute Gasteiger partial charge is 0.507 e.